The minimum atomic E-state index is -0.639. The highest BCUT2D eigenvalue weighted by Gasteiger charge is 2.25. The number of nitrogens with two attached hydrogens (primary N) is 3. The number of rotatable bonds is 4. The van der Waals surface area contributed by atoms with Crippen molar-refractivity contribution in [2.24, 2.45) is 11.5 Å². The van der Waals surface area contributed by atoms with Gasteiger partial charge in [-0.25, -0.2) is 0 Å². The first kappa shape index (κ1) is 13.7. The molecule has 104 valence electrons. The zero-order valence-corrected chi connectivity index (χ0v) is 11.4. The maximum atomic E-state index is 11.5. The van der Waals surface area contributed by atoms with E-state index in [0.717, 1.165) is 37.0 Å². The van der Waals surface area contributed by atoms with E-state index < -0.39 is 11.8 Å². The summed E-state index contributed by atoms with van der Waals surface area (Å²) in [4.78, 5) is 22.9. The second kappa shape index (κ2) is 5.48. The molecule has 6 nitrogen and oxygen atoms in total. The molecule has 1 saturated carbocycles. The van der Waals surface area contributed by atoms with Crippen molar-refractivity contribution in [2.45, 2.75) is 38.1 Å². The van der Waals surface area contributed by atoms with Gasteiger partial charge in [0.15, 0.2) is 0 Å². The lowest BCUT2D eigenvalue weighted by molar-refractivity contribution is 0.0999. The normalized spacial score (nSPS) is 16.2. The van der Waals surface area contributed by atoms with Crippen LogP contribution in [-0.2, 0) is 0 Å². The van der Waals surface area contributed by atoms with Crippen LogP contribution in [0.25, 0.3) is 0 Å². The Morgan fingerprint density at radius 3 is 2.26 bits per heavy atom. The Morgan fingerprint density at radius 2 is 1.74 bits per heavy atom. The number of amides is 2. The molecule has 1 aromatic rings. The fraction of sp³-hybridized carbons (Fsp3) is 0.500. The Hall–Kier alpha value is -1.76. The molecule has 0 bridgehead atoms. The van der Waals surface area contributed by atoms with Gasteiger partial charge in [0.25, 0.3) is 11.8 Å². The van der Waals surface area contributed by atoms with Crippen molar-refractivity contribution >= 4 is 33.8 Å². The van der Waals surface area contributed by atoms with Crippen LogP contribution in [0.5, 0.6) is 0 Å². The number of anilines is 2. The highest BCUT2D eigenvalue weighted by atomic mass is 32.1. The number of hydrogen-bond donors (Lipinski definition) is 4. The van der Waals surface area contributed by atoms with E-state index in [-0.39, 0.29) is 16.1 Å². The molecule has 0 spiro atoms. The molecule has 2 amide bonds. The van der Waals surface area contributed by atoms with E-state index in [1.165, 1.54) is 6.42 Å². The molecule has 7 N–H and O–H groups in total. The van der Waals surface area contributed by atoms with Crippen LogP contribution >= 0.6 is 11.3 Å². The average molecular weight is 282 g/mol. The molecule has 1 aromatic heterocycles. The van der Waals surface area contributed by atoms with Crippen LogP contribution in [0.3, 0.4) is 0 Å². The zero-order chi connectivity index (χ0) is 14.0. The molecule has 1 aliphatic rings. The van der Waals surface area contributed by atoms with Crippen LogP contribution < -0.4 is 22.5 Å². The molecule has 2 rings (SSSR count). The lowest BCUT2D eigenvalue weighted by Gasteiger charge is -2.23. The van der Waals surface area contributed by atoms with Crippen molar-refractivity contribution in [3.63, 3.8) is 0 Å². The van der Waals surface area contributed by atoms with Crippen molar-refractivity contribution in [1.29, 1.82) is 0 Å². The summed E-state index contributed by atoms with van der Waals surface area (Å²) in [6.07, 6.45) is 5.64. The van der Waals surface area contributed by atoms with Crippen molar-refractivity contribution < 1.29 is 9.59 Å². The standard InChI is InChI=1S/C12H18N4O2S/c13-8-7(10(14)17)12(19-9(8)11(15)18)16-6-4-2-1-3-5-6/h6,16H,1-5,13H2,(H2,14,17)(H2,15,18). The second-order valence-corrected chi connectivity index (χ2v) is 5.78. The minimum absolute atomic E-state index is 0.0864. The molecular formula is C12H18N4O2S. The summed E-state index contributed by atoms with van der Waals surface area (Å²) in [5, 5.41) is 3.84. The van der Waals surface area contributed by atoms with Crippen molar-refractivity contribution in [3.8, 4) is 0 Å². The Balaban J connectivity index is 2.30. The largest absolute Gasteiger partial charge is 0.397 e. The molecule has 1 aliphatic carbocycles. The molecule has 0 aliphatic heterocycles. The molecule has 0 atom stereocenters. The third kappa shape index (κ3) is 2.81. The fourth-order valence-corrected chi connectivity index (χ4v) is 3.46. The molecule has 0 aromatic carbocycles. The summed E-state index contributed by atoms with van der Waals surface area (Å²) in [5.41, 5.74) is 16.6. The Morgan fingerprint density at radius 1 is 1.11 bits per heavy atom. The lowest BCUT2D eigenvalue weighted by Crippen LogP contribution is -2.23. The van der Waals surface area contributed by atoms with Crippen LogP contribution in [-0.4, -0.2) is 17.9 Å². The summed E-state index contributed by atoms with van der Waals surface area (Å²) in [6, 6.07) is 0.297. The van der Waals surface area contributed by atoms with Gasteiger partial charge >= 0.3 is 0 Å². The van der Waals surface area contributed by atoms with E-state index in [0.29, 0.717) is 11.0 Å². The topological polar surface area (TPSA) is 124 Å². The van der Waals surface area contributed by atoms with Gasteiger partial charge in [-0.2, -0.15) is 0 Å². The van der Waals surface area contributed by atoms with E-state index in [1.54, 1.807) is 0 Å². The lowest BCUT2D eigenvalue weighted by atomic mass is 9.95. The number of nitrogens with one attached hydrogen (secondary N) is 1. The third-order valence-electron chi connectivity index (χ3n) is 3.36. The number of carbonyl (C=O) groups is 2. The number of carbonyl (C=O) groups excluding carboxylic acids is 2. The van der Waals surface area contributed by atoms with Crippen molar-refractivity contribution in [3.05, 3.63) is 10.4 Å². The Labute approximate surface area is 115 Å². The summed E-state index contributed by atoms with van der Waals surface area (Å²) in [5.74, 6) is -1.28. The predicted molar refractivity (Wildman–Crippen MR) is 76.3 cm³/mol. The molecule has 7 heteroatoms. The summed E-state index contributed by atoms with van der Waals surface area (Å²) in [6.45, 7) is 0. The molecule has 1 heterocycles. The number of hydrogen-bond acceptors (Lipinski definition) is 5. The summed E-state index contributed by atoms with van der Waals surface area (Å²) < 4.78 is 0. The van der Waals surface area contributed by atoms with Crippen LogP contribution in [0.15, 0.2) is 0 Å². The van der Waals surface area contributed by atoms with Gasteiger partial charge in [-0.05, 0) is 12.8 Å². The minimum Gasteiger partial charge on any atom is -0.397 e. The van der Waals surface area contributed by atoms with E-state index in [4.69, 9.17) is 17.2 Å². The van der Waals surface area contributed by atoms with Crippen LogP contribution in [0.2, 0.25) is 0 Å². The first-order valence-electron chi connectivity index (χ1n) is 6.29. The fourth-order valence-electron chi connectivity index (χ4n) is 2.41. The molecule has 0 saturated heterocycles. The molecule has 19 heavy (non-hydrogen) atoms. The molecular weight excluding hydrogens is 264 g/mol. The maximum Gasteiger partial charge on any atom is 0.260 e. The van der Waals surface area contributed by atoms with Crippen LogP contribution in [0.1, 0.15) is 52.1 Å². The SMILES string of the molecule is NC(=O)c1sc(NC2CCCCC2)c(C(N)=O)c1N. The smallest absolute Gasteiger partial charge is 0.260 e. The van der Waals surface area contributed by atoms with Gasteiger partial charge < -0.3 is 22.5 Å². The van der Waals surface area contributed by atoms with Crippen LogP contribution in [0.4, 0.5) is 10.7 Å². The predicted octanol–water partition coefficient (Wildman–Crippen LogP) is 1.27. The van der Waals surface area contributed by atoms with Crippen molar-refractivity contribution in [2.75, 3.05) is 11.1 Å². The highest BCUT2D eigenvalue weighted by molar-refractivity contribution is 7.19. The second-order valence-electron chi connectivity index (χ2n) is 4.76. The Kier molecular flexibility index (Phi) is 3.94. The number of nitrogen functional groups attached to an aromatic ring is 1. The summed E-state index contributed by atoms with van der Waals surface area (Å²) >= 11 is 1.10. The van der Waals surface area contributed by atoms with Gasteiger partial charge in [0.1, 0.15) is 9.88 Å². The number of thiophene rings is 1. The zero-order valence-electron chi connectivity index (χ0n) is 10.6. The third-order valence-corrected chi connectivity index (χ3v) is 4.51. The highest BCUT2D eigenvalue weighted by Crippen LogP contribution is 2.36. The van der Waals surface area contributed by atoms with Crippen LogP contribution in [0, 0.1) is 0 Å². The van der Waals surface area contributed by atoms with Gasteiger partial charge in [-0.3, -0.25) is 9.59 Å². The Bertz CT molecular complexity index is 506. The first-order chi connectivity index (χ1) is 9.00. The van der Waals surface area contributed by atoms with E-state index in [9.17, 15) is 9.59 Å². The summed E-state index contributed by atoms with van der Waals surface area (Å²) in [7, 11) is 0. The average Bonchev–Trinajstić information content (AvgIpc) is 2.67. The maximum absolute atomic E-state index is 11.5. The molecule has 0 unspecified atom stereocenters. The molecule has 0 radical (unpaired) electrons. The van der Waals surface area contributed by atoms with Gasteiger partial charge in [-0.15, -0.1) is 11.3 Å². The van der Waals surface area contributed by atoms with Gasteiger partial charge in [0, 0.05) is 6.04 Å². The number of primary amides is 2. The first-order valence-corrected chi connectivity index (χ1v) is 7.10. The van der Waals surface area contributed by atoms with Gasteiger partial charge in [-0.1, -0.05) is 19.3 Å². The molecule has 1 fully saturated rings. The van der Waals surface area contributed by atoms with E-state index >= 15 is 0 Å². The van der Waals surface area contributed by atoms with Crippen molar-refractivity contribution in [1.82, 2.24) is 0 Å². The van der Waals surface area contributed by atoms with E-state index in [2.05, 4.69) is 5.32 Å². The van der Waals surface area contributed by atoms with E-state index in [1.807, 2.05) is 0 Å². The quantitative estimate of drug-likeness (QED) is 0.663. The van der Waals surface area contributed by atoms with Gasteiger partial charge in [0.05, 0.1) is 11.3 Å². The monoisotopic (exact) mass is 282 g/mol. The van der Waals surface area contributed by atoms with Gasteiger partial charge in [0.2, 0.25) is 0 Å².